The molecule has 1 amide bonds. The highest BCUT2D eigenvalue weighted by molar-refractivity contribution is 5.96. The molecule has 0 atom stereocenters. The van der Waals surface area contributed by atoms with Crippen LogP contribution in [0.1, 0.15) is 23.7 Å². The fourth-order valence-electron chi connectivity index (χ4n) is 1.94. The molecule has 6 nitrogen and oxygen atoms in total. The zero-order valence-corrected chi connectivity index (χ0v) is 11.8. The van der Waals surface area contributed by atoms with Crippen molar-refractivity contribution >= 4 is 5.91 Å². The number of carbonyl (C=O) groups excluding carboxylic acids is 1. The molecule has 0 saturated carbocycles. The first-order chi connectivity index (χ1) is 9.72. The summed E-state index contributed by atoms with van der Waals surface area (Å²) in [6.07, 6.45) is 1.02. The molecular formula is C14H23N3O3. The van der Waals surface area contributed by atoms with Gasteiger partial charge in [0, 0.05) is 13.1 Å². The van der Waals surface area contributed by atoms with Crippen LogP contribution < -0.4 is 16.0 Å². The zero-order valence-electron chi connectivity index (χ0n) is 11.8. The average Bonchev–Trinajstić information content (AvgIpc) is 2.47. The maximum atomic E-state index is 11.6. The molecule has 0 fully saturated rings. The van der Waals surface area contributed by atoms with Crippen LogP contribution in [0.3, 0.4) is 0 Å². The number of nitrogen functional groups attached to an aromatic ring is 1. The first-order valence-corrected chi connectivity index (χ1v) is 6.78. The maximum Gasteiger partial charge on any atom is 0.268 e. The van der Waals surface area contributed by atoms with Crippen molar-refractivity contribution in [1.29, 1.82) is 0 Å². The van der Waals surface area contributed by atoms with Crippen LogP contribution in [-0.2, 0) is 0 Å². The number of carbonyl (C=O) groups is 1. The van der Waals surface area contributed by atoms with E-state index in [1.165, 1.54) is 0 Å². The van der Waals surface area contributed by atoms with Gasteiger partial charge in [-0.05, 0) is 25.1 Å². The third-order valence-corrected chi connectivity index (χ3v) is 2.88. The van der Waals surface area contributed by atoms with Gasteiger partial charge in [-0.2, -0.15) is 0 Å². The van der Waals surface area contributed by atoms with Crippen molar-refractivity contribution in [2.24, 2.45) is 5.84 Å². The van der Waals surface area contributed by atoms with Gasteiger partial charge in [0.05, 0.1) is 12.2 Å². The molecule has 0 unspecified atom stereocenters. The number of nitrogens with one attached hydrogen (secondary N) is 1. The first-order valence-electron chi connectivity index (χ1n) is 6.78. The van der Waals surface area contributed by atoms with Gasteiger partial charge in [0.15, 0.2) is 0 Å². The number of nitrogens with two attached hydrogens (primary N) is 1. The average molecular weight is 281 g/mol. The van der Waals surface area contributed by atoms with Crippen LogP contribution >= 0.6 is 0 Å². The SMILES string of the molecule is CCCN(CCO)CCOc1ccccc1C(=O)NN. The smallest absolute Gasteiger partial charge is 0.268 e. The summed E-state index contributed by atoms with van der Waals surface area (Å²) >= 11 is 0. The standard InChI is InChI=1S/C14H23N3O3/c1-2-7-17(8-10-18)9-11-20-13-6-4-3-5-12(13)14(19)16-15/h3-6,18H,2,7-11,15H2,1H3,(H,16,19). The Labute approximate surface area is 119 Å². The molecule has 112 valence electrons. The Bertz CT molecular complexity index is 406. The minimum atomic E-state index is -0.374. The van der Waals surface area contributed by atoms with Gasteiger partial charge in [0.1, 0.15) is 12.4 Å². The van der Waals surface area contributed by atoms with Crippen molar-refractivity contribution in [2.45, 2.75) is 13.3 Å². The summed E-state index contributed by atoms with van der Waals surface area (Å²) in [4.78, 5) is 13.7. The van der Waals surface area contributed by atoms with Crippen molar-refractivity contribution in [3.63, 3.8) is 0 Å². The molecule has 1 aromatic rings. The van der Waals surface area contributed by atoms with Crippen molar-refractivity contribution in [3.05, 3.63) is 29.8 Å². The van der Waals surface area contributed by atoms with E-state index in [1.54, 1.807) is 24.3 Å². The Morgan fingerprint density at radius 2 is 2.10 bits per heavy atom. The van der Waals surface area contributed by atoms with Gasteiger partial charge in [-0.3, -0.25) is 15.1 Å². The summed E-state index contributed by atoms with van der Waals surface area (Å²) in [6, 6.07) is 6.96. The molecule has 1 rings (SSSR count). The lowest BCUT2D eigenvalue weighted by molar-refractivity contribution is 0.0948. The first kappa shape index (κ1) is 16.4. The minimum absolute atomic E-state index is 0.131. The van der Waals surface area contributed by atoms with Gasteiger partial charge < -0.3 is 9.84 Å². The lowest BCUT2D eigenvalue weighted by atomic mass is 10.2. The second-order valence-corrected chi connectivity index (χ2v) is 4.38. The number of benzene rings is 1. The third-order valence-electron chi connectivity index (χ3n) is 2.88. The minimum Gasteiger partial charge on any atom is -0.491 e. The molecule has 6 heteroatoms. The summed E-state index contributed by atoms with van der Waals surface area (Å²) in [5, 5.41) is 8.98. The molecule has 0 aliphatic carbocycles. The number of para-hydroxylation sites is 1. The van der Waals surface area contributed by atoms with Gasteiger partial charge >= 0.3 is 0 Å². The molecule has 0 spiro atoms. The molecular weight excluding hydrogens is 258 g/mol. The van der Waals surface area contributed by atoms with Crippen molar-refractivity contribution in [1.82, 2.24) is 10.3 Å². The fourth-order valence-corrected chi connectivity index (χ4v) is 1.94. The highest BCUT2D eigenvalue weighted by Crippen LogP contribution is 2.17. The lowest BCUT2D eigenvalue weighted by Gasteiger charge is -2.20. The van der Waals surface area contributed by atoms with Gasteiger partial charge in [-0.15, -0.1) is 0 Å². The van der Waals surface area contributed by atoms with E-state index in [0.717, 1.165) is 13.0 Å². The van der Waals surface area contributed by atoms with E-state index in [4.69, 9.17) is 15.7 Å². The third kappa shape index (κ3) is 5.16. The molecule has 0 heterocycles. The van der Waals surface area contributed by atoms with E-state index < -0.39 is 0 Å². The van der Waals surface area contributed by atoms with Crippen LogP contribution in [-0.4, -0.2) is 48.8 Å². The normalized spacial score (nSPS) is 10.6. The Hall–Kier alpha value is -1.63. The molecule has 1 aromatic carbocycles. The van der Waals surface area contributed by atoms with E-state index in [1.807, 2.05) is 0 Å². The summed E-state index contributed by atoms with van der Waals surface area (Å²) in [5.74, 6) is 5.27. The summed E-state index contributed by atoms with van der Waals surface area (Å²) in [6.45, 7) is 4.91. The molecule has 0 saturated heterocycles. The summed E-state index contributed by atoms with van der Waals surface area (Å²) in [5.41, 5.74) is 2.51. The quantitative estimate of drug-likeness (QED) is 0.346. The van der Waals surface area contributed by atoms with Crippen LogP contribution in [0.2, 0.25) is 0 Å². The van der Waals surface area contributed by atoms with E-state index in [2.05, 4.69) is 17.2 Å². The number of nitrogens with zero attached hydrogens (tertiary/aromatic N) is 1. The van der Waals surface area contributed by atoms with Crippen molar-refractivity contribution in [3.8, 4) is 5.75 Å². The topological polar surface area (TPSA) is 87.8 Å². The number of rotatable bonds is 9. The predicted octanol–water partition coefficient (Wildman–Crippen LogP) is 0.373. The van der Waals surface area contributed by atoms with Gasteiger partial charge in [0.25, 0.3) is 5.91 Å². The lowest BCUT2D eigenvalue weighted by Crippen LogP contribution is -2.32. The number of ether oxygens (including phenoxy) is 1. The number of aliphatic hydroxyl groups excluding tert-OH is 1. The fraction of sp³-hybridized carbons (Fsp3) is 0.500. The van der Waals surface area contributed by atoms with E-state index in [9.17, 15) is 4.79 Å². The Morgan fingerprint density at radius 3 is 2.75 bits per heavy atom. The Balaban J connectivity index is 2.54. The van der Waals surface area contributed by atoms with Gasteiger partial charge in [0.2, 0.25) is 0 Å². The summed E-state index contributed by atoms with van der Waals surface area (Å²) in [7, 11) is 0. The van der Waals surface area contributed by atoms with Crippen LogP contribution in [0.5, 0.6) is 5.75 Å². The number of hydrazine groups is 1. The molecule has 0 aliphatic heterocycles. The van der Waals surface area contributed by atoms with Crippen molar-refractivity contribution < 1.29 is 14.6 Å². The highest BCUT2D eigenvalue weighted by atomic mass is 16.5. The highest BCUT2D eigenvalue weighted by Gasteiger charge is 2.11. The molecule has 0 radical (unpaired) electrons. The van der Waals surface area contributed by atoms with Crippen LogP contribution in [0.4, 0.5) is 0 Å². The van der Waals surface area contributed by atoms with Gasteiger partial charge in [-0.25, -0.2) is 5.84 Å². The number of hydrogen-bond acceptors (Lipinski definition) is 5. The van der Waals surface area contributed by atoms with Crippen LogP contribution in [0, 0.1) is 0 Å². The van der Waals surface area contributed by atoms with Crippen molar-refractivity contribution in [2.75, 3.05) is 32.8 Å². The van der Waals surface area contributed by atoms with Crippen LogP contribution in [0.15, 0.2) is 24.3 Å². The number of amides is 1. The zero-order chi connectivity index (χ0) is 14.8. The Kier molecular flexibility index (Phi) is 7.64. The van der Waals surface area contributed by atoms with E-state index >= 15 is 0 Å². The molecule has 20 heavy (non-hydrogen) atoms. The number of aliphatic hydroxyl groups is 1. The Morgan fingerprint density at radius 1 is 1.35 bits per heavy atom. The second kappa shape index (κ2) is 9.30. The van der Waals surface area contributed by atoms with Crippen LogP contribution in [0.25, 0.3) is 0 Å². The van der Waals surface area contributed by atoms with E-state index in [0.29, 0.717) is 31.0 Å². The monoisotopic (exact) mass is 281 g/mol. The predicted molar refractivity (Wildman–Crippen MR) is 77.4 cm³/mol. The maximum absolute atomic E-state index is 11.6. The molecule has 0 bridgehead atoms. The van der Waals surface area contributed by atoms with Gasteiger partial charge in [-0.1, -0.05) is 19.1 Å². The van der Waals surface area contributed by atoms with E-state index in [-0.39, 0.29) is 12.5 Å². The molecule has 0 aliphatic rings. The number of hydrogen-bond donors (Lipinski definition) is 3. The summed E-state index contributed by atoms with van der Waals surface area (Å²) < 4.78 is 5.64. The second-order valence-electron chi connectivity index (χ2n) is 4.38. The molecule has 4 N–H and O–H groups in total. The molecule has 0 aromatic heterocycles. The largest absolute Gasteiger partial charge is 0.491 e.